The number of aromatic hydroxyl groups is 1. The third-order valence-corrected chi connectivity index (χ3v) is 3.63. The number of hydrogen-bond acceptors (Lipinski definition) is 3. The Morgan fingerprint density at radius 1 is 1.37 bits per heavy atom. The van der Waals surface area contributed by atoms with Crippen molar-refractivity contribution in [1.29, 1.82) is 0 Å². The topological polar surface area (TPSA) is 35.5 Å². The maximum atomic E-state index is 13.5. The van der Waals surface area contributed by atoms with Gasteiger partial charge in [-0.25, -0.2) is 4.39 Å². The van der Waals surface area contributed by atoms with Gasteiger partial charge in [0.1, 0.15) is 11.6 Å². The molecule has 3 nitrogen and oxygen atoms in total. The van der Waals surface area contributed by atoms with Crippen LogP contribution in [0.1, 0.15) is 23.6 Å². The van der Waals surface area contributed by atoms with E-state index in [-0.39, 0.29) is 24.0 Å². The van der Waals surface area contributed by atoms with E-state index in [0.717, 1.165) is 26.2 Å². The molecule has 1 fully saturated rings. The molecule has 5 heteroatoms. The fraction of sp³-hybridized carbons (Fsp3) is 0.571. The summed E-state index contributed by atoms with van der Waals surface area (Å²) in [6.07, 6.45) is 0.274. The highest BCUT2D eigenvalue weighted by atomic mass is 19.1. The molecule has 0 bridgehead atoms. The van der Waals surface area contributed by atoms with Crippen LogP contribution in [0.2, 0.25) is 0 Å². The largest absolute Gasteiger partial charge is 0.507 e. The van der Waals surface area contributed by atoms with Crippen LogP contribution in [0, 0.1) is 12.7 Å². The Kier molecular flexibility index (Phi) is 4.71. The molecule has 1 heterocycles. The highest BCUT2D eigenvalue weighted by Crippen LogP contribution is 2.34. The molecule has 1 aliphatic rings. The van der Waals surface area contributed by atoms with Crippen LogP contribution in [0.15, 0.2) is 12.1 Å². The number of hydrogen-bond donors (Lipinski definition) is 2. The molecule has 106 valence electrons. The SMILES string of the molecule is Cc1cc(F)cc([C@H](CCF)N2CCNCC2)c1O. The van der Waals surface area contributed by atoms with Crippen LogP contribution in [0.3, 0.4) is 0 Å². The summed E-state index contributed by atoms with van der Waals surface area (Å²) in [5.41, 5.74) is 0.992. The smallest absolute Gasteiger partial charge is 0.124 e. The van der Waals surface area contributed by atoms with Crippen molar-refractivity contribution in [2.75, 3.05) is 32.9 Å². The van der Waals surface area contributed by atoms with Gasteiger partial charge in [0, 0.05) is 37.8 Å². The van der Waals surface area contributed by atoms with E-state index in [1.807, 2.05) is 0 Å². The minimum Gasteiger partial charge on any atom is -0.507 e. The fourth-order valence-corrected chi connectivity index (χ4v) is 2.65. The molecule has 0 amide bonds. The van der Waals surface area contributed by atoms with Gasteiger partial charge in [-0.1, -0.05) is 0 Å². The zero-order chi connectivity index (χ0) is 13.8. The first-order valence-electron chi connectivity index (χ1n) is 6.63. The Labute approximate surface area is 112 Å². The maximum absolute atomic E-state index is 13.5. The molecular weight excluding hydrogens is 250 g/mol. The average Bonchev–Trinajstić information content (AvgIpc) is 2.41. The van der Waals surface area contributed by atoms with Gasteiger partial charge in [-0.3, -0.25) is 9.29 Å². The summed E-state index contributed by atoms with van der Waals surface area (Å²) in [6.45, 7) is 4.39. The molecule has 2 rings (SSSR count). The van der Waals surface area contributed by atoms with Gasteiger partial charge in [0.2, 0.25) is 0 Å². The first kappa shape index (κ1) is 14.2. The van der Waals surface area contributed by atoms with E-state index in [1.54, 1.807) is 6.92 Å². The van der Waals surface area contributed by atoms with Gasteiger partial charge in [0.05, 0.1) is 6.67 Å². The van der Waals surface area contributed by atoms with Gasteiger partial charge in [-0.2, -0.15) is 0 Å². The Bertz CT molecular complexity index is 434. The molecular formula is C14H20F2N2O. The summed E-state index contributed by atoms with van der Waals surface area (Å²) in [6, 6.07) is 2.36. The lowest BCUT2D eigenvalue weighted by molar-refractivity contribution is 0.154. The number of rotatable bonds is 4. The van der Waals surface area contributed by atoms with Crippen molar-refractivity contribution in [2.45, 2.75) is 19.4 Å². The summed E-state index contributed by atoms with van der Waals surface area (Å²) in [5, 5.41) is 13.3. The third kappa shape index (κ3) is 3.22. The summed E-state index contributed by atoms with van der Waals surface area (Å²) < 4.78 is 26.3. The summed E-state index contributed by atoms with van der Waals surface area (Å²) in [4.78, 5) is 2.10. The van der Waals surface area contributed by atoms with Crippen LogP contribution in [0.4, 0.5) is 8.78 Å². The lowest BCUT2D eigenvalue weighted by Gasteiger charge is -2.35. The van der Waals surface area contributed by atoms with Crippen LogP contribution in [0.5, 0.6) is 5.75 Å². The molecule has 2 N–H and O–H groups in total. The van der Waals surface area contributed by atoms with Gasteiger partial charge in [-0.15, -0.1) is 0 Å². The molecule has 0 spiro atoms. The average molecular weight is 270 g/mol. The lowest BCUT2D eigenvalue weighted by Crippen LogP contribution is -2.45. The fourth-order valence-electron chi connectivity index (χ4n) is 2.65. The van der Waals surface area contributed by atoms with Crippen LogP contribution >= 0.6 is 0 Å². The number of nitrogens with one attached hydrogen (secondary N) is 1. The number of benzene rings is 1. The summed E-state index contributed by atoms with van der Waals surface area (Å²) >= 11 is 0. The predicted octanol–water partition coefficient (Wildman–Crippen LogP) is 2.15. The monoisotopic (exact) mass is 270 g/mol. The zero-order valence-corrected chi connectivity index (χ0v) is 11.1. The molecule has 1 saturated heterocycles. The van der Waals surface area contributed by atoms with Crippen LogP contribution < -0.4 is 5.32 Å². The van der Waals surface area contributed by atoms with Gasteiger partial charge in [0.25, 0.3) is 0 Å². The molecule has 0 radical (unpaired) electrons. The second-order valence-corrected chi connectivity index (χ2v) is 4.94. The molecule has 1 aromatic carbocycles. The van der Waals surface area contributed by atoms with Gasteiger partial charge in [-0.05, 0) is 31.0 Å². The molecule has 0 aliphatic carbocycles. The Morgan fingerprint density at radius 2 is 2.05 bits per heavy atom. The first-order valence-corrected chi connectivity index (χ1v) is 6.63. The van der Waals surface area contributed by atoms with Crippen LogP contribution in [-0.2, 0) is 0 Å². The number of nitrogens with zero attached hydrogens (tertiary/aromatic N) is 1. The second-order valence-electron chi connectivity index (χ2n) is 4.94. The summed E-state index contributed by atoms with van der Waals surface area (Å²) in [7, 11) is 0. The van der Waals surface area contributed by atoms with Crippen molar-refractivity contribution in [3.8, 4) is 5.75 Å². The van der Waals surface area contributed by atoms with E-state index >= 15 is 0 Å². The standard InChI is InChI=1S/C14H20F2N2O/c1-10-8-11(16)9-12(14(10)19)13(2-3-15)18-6-4-17-5-7-18/h8-9,13,17,19H,2-7H2,1H3/t13-/m0/s1. The van der Waals surface area contributed by atoms with Crippen LogP contribution in [-0.4, -0.2) is 42.9 Å². The van der Waals surface area contributed by atoms with E-state index in [1.165, 1.54) is 12.1 Å². The predicted molar refractivity (Wildman–Crippen MR) is 70.6 cm³/mol. The van der Waals surface area contributed by atoms with Gasteiger partial charge < -0.3 is 10.4 Å². The maximum Gasteiger partial charge on any atom is 0.124 e. The molecule has 0 aromatic heterocycles. The van der Waals surface area contributed by atoms with E-state index < -0.39 is 6.67 Å². The van der Waals surface area contributed by atoms with Crippen molar-refractivity contribution >= 4 is 0 Å². The van der Waals surface area contributed by atoms with E-state index in [4.69, 9.17) is 0 Å². The molecule has 0 unspecified atom stereocenters. The number of aryl methyl sites for hydroxylation is 1. The Morgan fingerprint density at radius 3 is 2.68 bits per heavy atom. The number of phenols is 1. The highest BCUT2D eigenvalue weighted by Gasteiger charge is 2.25. The summed E-state index contributed by atoms with van der Waals surface area (Å²) in [5.74, 6) is -0.303. The van der Waals surface area contributed by atoms with Crippen molar-refractivity contribution in [2.24, 2.45) is 0 Å². The number of halogens is 2. The van der Waals surface area contributed by atoms with Crippen molar-refractivity contribution in [3.05, 3.63) is 29.1 Å². The van der Waals surface area contributed by atoms with E-state index in [0.29, 0.717) is 11.1 Å². The normalized spacial score (nSPS) is 18.5. The Hall–Kier alpha value is -1.20. The molecule has 19 heavy (non-hydrogen) atoms. The number of alkyl halides is 1. The Balaban J connectivity index is 2.32. The highest BCUT2D eigenvalue weighted by molar-refractivity contribution is 5.42. The van der Waals surface area contributed by atoms with Crippen molar-refractivity contribution in [1.82, 2.24) is 10.2 Å². The van der Waals surface area contributed by atoms with Crippen LogP contribution in [0.25, 0.3) is 0 Å². The molecule has 1 aliphatic heterocycles. The quantitative estimate of drug-likeness (QED) is 0.880. The minimum atomic E-state index is -0.483. The number of phenolic OH excluding ortho intramolecular Hbond substituents is 1. The molecule has 1 atom stereocenters. The van der Waals surface area contributed by atoms with Gasteiger partial charge >= 0.3 is 0 Å². The zero-order valence-electron chi connectivity index (χ0n) is 11.1. The van der Waals surface area contributed by atoms with E-state index in [9.17, 15) is 13.9 Å². The molecule has 0 saturated carbocycles. The third-order valence-electron chi connectivity index (χ3n) is 3.63. The number of piperazine rings is 1. The lowest BCUT2D eigenvalue weighted by atomic mass is 9.98. The minimum absolute atomic E-state index is 0.0818. The van der Waals surface area contributed by atoms with Crippen molar-refractivity contribution < 1.29 is 13.9 Å². The van der Waals surface area contributed by atoms with E-state index in [2.05, 4.69) is 10.2 Å². The first-order chi connectivity index (χ1) is 9.13. The van der Waals surface area contributed by atoms with Crippen molar-refractivity contribution in [3.63, 3.8) is 0 Å². The second kappa shape index (κ2) is 6.30. The van der Waals surface area contributed by atoms with Gasteiger partial charge in [0.15, 0.2) is 0 Å². The molecule has 1 aromatic rings.